The second-order valence-electron chi connectivity index (χ2n) is 4.60. The van der Waals surface area contributed by atoms with Crippen LogP contribution in [0.5, 0.6) is 0 Å². The van der Waals surface area contributed by atoms with E-state index in [0.717, 1.165) is 37.4 Å². The molecule has 120 valence electrons. The molecule has 1 aliphatic heterocycles. The van der Waals surface area contributed by atoms with Crippen molar-refractivity contribution in [3.8, 4) is 0 Å². The fourth-order valence-corrected chi connectivity index (χ4v) is 2.03. The van der Waals surface area contributed by atoms with Crippen molar-refractivity contribution in [2.24, 2.45) is 5.10 Å². The van der Waals surface area contributed by atoms with Crippen LogP contribution in [0.2, 0.25) is 0 Å². The number of nitrogens with zero attached hydrogens (tertiary/aromatic N) is 2. The second-order valence-corrected chi connectivity index (χ2v) is 5.04. The van der Waals surface area contributed by atoms with Crippen molar-refractivity contribution < 1.29 is 18.1 Å². The van der Waals surface area contributed by atoms with Crippen molar-refractivity contribution in [2.45, 2.75) is 26.7 Å². The summed E-state index contributed by atoms with van der Waals surface area (Å²) < 4.78 is 14.7. The number of carbonyl (C=O) groups excluding carboxylic acids is 1. The molecule has 0 bridgehead atoms. The highest BCUT2D eigenvalue weighted by atomic mass is 32.2. The molecular formula is C14H19N3O4S. The maximum absolute atomic E-state index is 11.4. The predicted octanol–water partition coefficient (Wildman–Crippen LogP) is 2.71. The van der Waals surface area contributed by atoms with E-state index in [4.69, 9.17) is 13.3 Å². The number of hydroxylamine groups is 2. The SMILES string of the molecule is CCOC(=O)C(C)=NNc1ccc(CCCN2OSO2)cc1. The fourth-order valence-electron chi connectivity index (χ4n) is 1.74. The van der Waals surface area contributed by atoms with Crippen LogP contribution in [0, 0.1) is 0 Å². The number of carbonyl (C=O) groups is 1. The standard InChI is InChI=1S/C14H19N3O4S/c1-3-19-14(18)11(2)15-16-13-8-6-12(7-9-13)5-4-10-17-20-22-21-17/h6-9,16H,3-5,10H2,1-2H3. The van der Waals surface area contributed by atoms with E-state index >= 15 is 0 Å². The average molecular weight is 325 g/mol. The monoisotopic (exact) mass is 325 g/mol. The lowest BCUT2D eigenvalue weighted by Gasteiger charge is -2.24. The quantitative estimate of drug-likeness (QED) is 0.341. The zero-order chi connectivity index (χ0) is 15.8. The number of hydrazone groups is 1. The number of nitrogens with one attached hydrogen (secondary N) is 1. The van der Waals surface area contributed by atoms with Crippen molar-refractivity contribution in [3.63, 3.8) is 0 Å². The highest BCUT2D eigenvalue weighted by Gasteiger charge is 2.17. The van der Waals surface area contributed by atoms with Gasteiger partial charge in [-0.25, -0.2) is 4.79 Å². The van der Waals surface area contributed by atoms with Gasteiger partial charge in [-0.2, -0.15) is 13.7 Å². The van der Waals surface area contributed by atoms with Gasteiger partial charge in [0.15, 0.2) is 0 Å². The highest BCUT2D eigenvalue weighted by Crippen LogP contribution is 2.23. The second kappa shape index (κ2) is 8.74. The topological polar surface area (TPSA) is 72.4 Å². The van der Waals surface area contributed by atoms with Gasteiger partial charge in [-0.15, -0.1) is 0 Å². The van der Waals surface area contributed by atoms with Crippen LogP contribution in [0.1, 0.15) is 25.8 Å². The molecule has 0 amide bonds. The summed E-state index contributed by atoms with van der Waals surface area (Å²) in [5.74, 6) is -0.416. The number of hydrogen-bond donors (Lipinski definition) is 1. The average Bonchev–Trinajstić information content (AvgIpc) is 2.48. The minimum absolute atomic E-state index is 0.290. The van der Waals surface area contributed by atoms with Crippen LogP contribution >= 0.6 is 12.3 Å². The molecule has 8 heteroatoms. The van der Waals surface area contributed by atoms with Crippen LogP contribution in [0.25, 0.3) is 0 Å². The minimum Gasteiger partial charge on any atom is -0.461 e. The molecule has 2 rings (SSSR count). The first kappa shape index (κ1) is 16.8. The summed E-state index contributed by atoms with van der Waals surface area (Å²) in [4.78, 5) is 11.4. The molecule has 1 aromatic rings. The summed E-state index contributed by atoms with van der Waals surface area (Å²) in [6.45, 7) is 4.44. The third-order valence-electron chi connectivity index (χ3n) is 2.91. The largest absolute Gasteiger partial charge is 0.461 e. The van der Waals surface area contributed by atoms with Gasteiger partial charge in [-0.1, -0.05) is 12.1 Å². The van der Waals surface area contributed by atoms with Crippen molar-refractivity contribution in [2.75, 3.05) is 18.6 Å². The molecule has 1 saturated heterocycles. The van der Waals surface area contributed by atoms with E-state index in [-0.39, 0.29) is 0 Å². The number of hydrogen-bond acceptors (Lipinski definition) is 8. The first-order valence-electron chi connectivity index (χ1n) is 7.04. The Balaban J connectivity index is 1.75. The van der Waals surface area contributed by atoms with E-state index in [1.54, 1.807) is 13.8 Å². The summed E-state index contributed by atoms with van der Waals surface area (Å²) in [5.41, 5.74) is 5.16. The summed E-state index contributed by atoms with van der Waals surface area (Å²) in [6, 6.07) is 7.88. The number of rotatable bonds is 8. The molecule has 0 aliphatic carbocycles. The summed E-state index contributed by atoms with van der Waals surface area (Å²) in [6.07, 6.45) is 1.87. The minimum atomic E-state index is -0.416. The van der Waals surface area contributed by atoms with E-state index in [9.17, 15) is 4.79 Å². The first-order chi connectivity index (χ1) is 10.7. The Morgan fingerprint density at radius 2 is 2.09 bits per heavy atom. The molecule has 0 aromatic heterocycles. The van der Waals surface area contributed by atoms with Gasteiger partial charge in [-0.3, -0.25) is 5.43 Å². The van der Waals surface area contributed by atoms with Gasteiger partial charge in [0.05, 0.1) is 18.8 Å². The zero-order valence-electron chi connectivity index (χ0n) is 12.6. The fraction of sp³-hybridized carbons (Fsp3) is 0.429. The van der Waals surface area contributed by atoms with Crippen molar-refractivity contribution in [1.82, 2.24) is 5.23 Å². The molecule has 0 saturated carbocycles. The van der Waals surface area contributed by atoms with Crippen LogP contribution in [-0.2, 0) is 24.5 Å². The van der Waals surface area contributed by atoms with Crippen molar-refractivity contribution >= 4 is 29.7 Å². The normalized spacial score (nSPS) is 15.3. The maximum atomic E-state index is 11.4. The van der Waals surface area contributed by atoms with Crippen LogP contribution in [0.3, 0.4) is 0 Å². The number of ether oxygens (including phenoxy) is 1. The molecule has 22 heavy (non-hydrogen) atoms. The third-order valence-corrected chi connectivity index (χ3v) is 3.37. The van der Waals surface area contributed by atoms with Gasteiger partial charge in [0, 0.05) is 0 Å². The van der Waals surface area contributed by atoms with Crippen LogP contribution < -0.4 is 5.43 Å². The molecule has 1 fully saturated rings. The van der Waals surface area contributed by atoms with Crippen molar-refractivity contribution in [3.05, 3.63) is 29.8 Å². The summed E-state index contributed by atoms with van der Waals surface area (Å²) in [5, 5.41) is 5.45. The Hall–Kier alpha value is -1.61. The van der Waals surface area contributed by atoms with Gasteiger partial charge >= 0.3 is 5.97 Å². The molecule has 0 unspecified atom stereocenters. The Bertz CT molecular complexity index is 517. The number of esters is 1. The molecule has 1 aromatic carbocycles. The molecular weight excluding hydrogens is 306 g/mol. The summed E-state index contributed by atoms with van der Waals surface area (Å²) >= 11 is 0.978. The lowest BCUT2D eigenvalue weighted by molar-refractivity contribution is -0.302. The van der Waals surface area contributed by atoms with Gasteiger partial charge in [0.25, 0.3) is 0 Å². The van der Waals surface area contributed by atoms with E-state index in [2.05, 4.69) is 10.5 Å². The Kier molecular flexibility index (Phi) is 6.66. The number of aryl methyl sites for hydroxylation is 1. The Labute approximate surface area is 133 Å². The highest BCUT2D eigenvalue weighted by molar-refractivity contribution is 7.90. The predicted molar refractivity (Wildman–Crippen MR) is 84.6 cm³/mol. The lowest BCUT2D eigenvalue weighted by atomic mass is 10.1. The molecule has 1 aliphatic rings. The zero-order valence-corrected chi connectivity index (χ0v) is 13.4. The molecule has 0 radical (unpaired) electrons. The third kappa shape index (κ3) is 5.30. The van der Waals surface area contributed by atoms with Gasteiger partial charge in [0.1, 0.15) is 5.71 Å². The molecule has 1 N–H and O–H groups in total. The molecule has 0 atom stereocenters. The molecule has 1 heterocycles. The number of anilines is 1. The van der Waals surface area contributed by atoms with Crippen LogP contribution in [0.4, 0.5) is 5.69 Å². The van der Waals surface area contributed by atoms with Crippen molar-refractivity contribution in [1.29, 1.82) is 0 Å². The van der Waals surface area contributed by atoms with Gasteiger partial charge in [0.2, 0.25) is 12.3 Å². The van der Waals surface area contributed by atoms with E-state index in [0.29, 0.717) is 12.3 Å². The number of benzene rings is 1. The van der Waals surface area contributed by atoms with Gasteiger partial charge in [-0.05, 0) is 49.6 Å². The maximum Gasteiger partial charge on any atom is 0.354 e. The van der Waals surface area contributed by atoms with Crippen LogP contribution in [-0.4, -0.2) is 30.1 Å². The Morgan fingerprint density at radius 1 is 1.36 bits per heavy atom. The summed E-state index contributed by atoms with van der Waals surface area (Å²) in [7, 11) is 0. The Morgan fingerprint density at radius 3 is 2.68 bits per heavy atom. The van der Waals surface area contributed by atoms with Gasteiger partial charge < -0.3 is 4.74 Å². The molecule has 0 spiro atoms. The smallest absolute Gasteiger partial charge is 0.354 e. The lowest BCUT2D eigenvalue weighted by Crippen LogP contribution is -2.28. The first-order valence-corrected chi connectivity index (χ1v) is 7.71. The van der Waals surface area contributed by atoms with E-state index < -0.39 is 5.97 Å². The molecule has 7 nitrogen and oxygen atoms in total. The van der Waals surface area contributed by atoms with E-state index in [1.165, 1.54) is 10.8 Å². The van der Waals surface area contributed by atoms with Crippen LogP contribution in [0.15, 0.2) is 29.4 Å². The van der Waals surface area contributed by atoms with E-state index in [1.807, 2.05) is 24.3 Å².